The number of nitrogens with zero attached hydrogens (tertiary/aromatic N) is 4. The second-order valence-electron chi connectivity index (χ2n) is 5.79. The molecule has 2 aromatic heterocycles. The highest BCUT2D eigenvalue weighted by Gasteiger charge is 2.14. The fourth-order valence-corrected chi connectivity index (χ4v) is 2.59. The van der Waals surface area contributed by atoms with E-state index in [1.165, 1.54) is 7.05 Å². The number of aryl methyl sites for hydroxylation is 1. The lowest BCUT2D eigenvalue weighted by molar-refractivity contribution is -0.159. The average molecular weight is 352 g/mol. The van der Waals surface area contributed by atoms with Crippen molar-refractivity contribution in [3.05, 3.63) is 60.6 Å². The number of hydroxylamine groups is 2. The number of benzene rings is 1. The standard InChI is InChI=1S/C19H20N4O3/c1-22(25)19(24)10-5-15-12-18(14-4-3-11-20-13-14)23(21-15)16-6-8-17(26-2)9-7-16/h3-4,6-9,11-13,25H,5,10H2,1-2H3. The number of carbonyl (C=O) groups excluding carboxylic acids is 1. The van der Waals surface area contributed by atoms with Crippen molar-refractivity contribution in [3.8, 4) is 22.7 Å². The molecule has 1 aromatic carbocycles. The summed E-state index contributed by atoms with van der Waals surface area (Å²) in [5.74, 6) is 0.410. The van der Waals surface area contributed by atoms with E-state index >= 15 is 0 Å². The molecule has 0 bridgehead atoms. The van der Waals surface area contributed by atoms with Crippen LogP contribution in [0, 0.1) is 0 Å². The molecule has 0 radical (unpaired) electrons. The Balaban J connectivity index is 1.96. The summed E-state index contributed by atoms with van der Waals surface area (Å²) >= 11 is 0. The largest absolute Gasteiger partial charge is 0.497 e. The van der Waals surface area contributed by atoms with Gasteiger partial charge >= 0.3 is 0 Å². The van der Waals surface area contributed by atoms with Gasteiger partial charge in [-0.1, -0.05) is 0 Å². The van der Waals surface area contributed by atoms with Crippen LogP contribution in [-0.4, -0.2) is 45.1 Å². The molecule has 0 fully saturated rings. The Bertz CT molecular complexity index is 874. The van der Waals surface area contributed by atoms with Gasteiger partial charge in [-0.05, 0) is 42.5 Å². The zero-order valence-corrected chi connectivity index (χ0v) is 14.7. The van der Waals surface area contributed by atoms with E-state index in [1.54, 1.807) is 19.5 Å². The van der Waals surface area contributed by atoms with Crippen LogP contribution in [0.15, 0.2) is 54.9 Å². The van der Waals surface area contributed by atoms with Gasteiger partial charge in [0.25, 0.3) is 0 Å². The number of amides is 1. The number of rotatable bonds is 6. The van der Waals surface area contributed by atoms with Crippen molar-refractivity contribution in [1.82, 2.24) is 19.8 Å². The SMILES string of the molecule is COc1ccc(-n2nc(CCC(=O)N(C)O)cc2-c2cccnc2)cc1. The van der Waals surface area contributed by atoms with Gasteiger partial charge in [0.05, 0.1) is 24.2 Å². The molecule has 7 heteroatoms. The Morgan fingerprint density at radius 1 is 1.27 bits per heavy atom. The molecule has 0 atom stereocenters. The van der Waals surface area contributed by atoms with Crippen LogP contribution in [0.4, 0.5) is 0 Å². The number of carbonyl (C=O) groups is 1. The fraction of sp³-hybridized carbons (Fsp3) is 0.211. The summed E-state index contributed by atoms with van der Waals surface area (Å²) in [6.45, 7) is 0. The molecule has 0 aliphatic rings. The first-order valence-corrected chi connectivity index (χ1v) is 8.17. The van der Waals surface area contributed by atoms with Crippen molar-refractivity contribution < 1.29 is 14.7 Å². The summed E-state index contributed by atoms with van der Waals surface area (Å²) in [6.07, 6.45) is 4.10. The lowest BCUT2D eigenvalue weighted by Gasteiger charge is -2.08. The van der Waals surface area contributed by atoms with Crippen molar-refractivity contribution in [1.29, 1.82) is 0 Å². The monoisotopic (exact) mass is 352 g/mol. The van der Waals surface area contributed by atoms with Crippen molar-refractivity contribution >= 4 is 5.91 Å². The number of hydrogen-bond acceptors (Lipinski definition) is 5. The second-order valence-corrected chi connectivity index (χ2v) is 5.79. The molecule has 3 aromatic rings. The van der Waals surface area contributed by atoms with Gasteiger partial charge in [0.2, 0.25) is 5.91 Å². The van der Waals surface area contributed by atoms with Gasteiger partial charge < -0.3 is 4.74 Å². The first kappa shape index (κ1) is 17.6. The molecule has 0 spiro atoms. The van der Waals surface area contributed by atoms with E-state index in [-0.39, 0.29) is 12.3 Å². The van der Waals surface area contributed by atoms with Crippen molar-refractivity contribution in [2.45, 2.75) is 12.8 Å². The number of methoxy groups -OCH3 is 1. The number of ether oxygens (including phenoxy) is 1. The zero-order chi connectivity index (χ0) is 18.5. The second kappa shape index (κ2) is 7.79. The van der Waals surface area contributed by atoms with Crippen molar-refractivity contribution in [3.63, 3.8) is 0 Å². The van der Waals surface area contributed by atoms with Gasteiger partial charge in [-0.3, -0.25) is 15.0 Å². The first-order valence-electron chi connectivity index (χ1n) is 8.17. The molecule has 0 aliphatic heterocycles. The summed E-state index contributed by atoms with van der Waals surface area (Å²) in [6, 6.07) is 13.3. The van der Waals surface area contributed by atoms with Gasteiger partial charge in [0.15, 0.2) is 0 Å². The average Bonchev–Trinajstić information content (AvgIpc) is 3.11. The van der Waals surface area contributed by atoms with Crippen LogP contribution < -0.4 is 4.74 Å². The van der Waals surface area contributed by atoms with Gasteiger partial charge in [-0.15, -0.1) is 0 Å². The summed E-state index contributed by atoms with van der Waals surface area (Å²) in [5, 5.41) is 14.4. The van der Waals surface area contributed by atoms with Gasteiger partial charge in [0, 0.05) is 37.8 Å². The molecule has 7 nitrogen and oxygen atoms in total. The molecule has 1 amide bonds. The number of pyridine rings is 1. The summed E-state index contributed by atoms with van der Waals surface area (Å²) < 4.78 is 7.03. The Kier molecular flexibility index (Phi) is 5.28. The van der Waals surface area contributed by atoms with Gasteiger partial charge in [-0.25, -0.2) is 9.75 Å². The van der Waals surface area contributed by atoms with E-state index in [0.717, 1.165) is 28.4 Å². The highest BCUT2D eigenvalue weighted by molar-refractivity contribution is 5.74. The van der Waals surface area contributed by atoms with Crippen LogP contribution >= 0.6 is 0 Å². The minimum absolute atomic E-state index is 0.180. The number of hydrogen-bond donors (Lipinski definition) is 1. The predicted molar refractivity (Wildman–Crippen MR) is 96.2 cm³/mol. The van der Waals surface area contributed by atoms with Crippen molar-refractivity contribution in [2.24, 2.45) is 0 Å². The van der Waals surface area contributed by atoms with Crippen LogP contribution in [0.1, 0.15) is 12.1 Å². The quantitative estimate of drug-likeness (QED) is 0.545. The summed E-state index contributed by atoms with van der Waals surface area (Å²) in [7, 11) is 2.94. The maximum absolute atomic E-state index is 11.6. The fourth-order valence-electron chi connectivity index (χ4n) is 2.59. The Morgan fingerprint density at radius 2 is 2.04 bits per heavy atom. The highest BCUT2D eigenvalue weighted by atomic mass is 16.5. The molecule has 26 heavy (non-hydrogen) atoms. The van der Waals surface area contributed by atoms with E-state index < -0.39 is 0 Å². The van der Waals surface area contributed by atoms with Crippen LogP contribution in [0.25, 0.3) is 16.9 Å². The van der Waals surface area contributed by atoms with E-state index in [2.05, 4.69) is 10.1 Å². The van der Waals surface area contributed by atoms with Gasteiger partial charge in [0.1, 0.15) is 5.75 Å². The summed E-state index contributed by atoms with van der Waals surface area (Å²) in [4.78, 5) is 15.8. The van der Waals surface area contributed by atoms with Crippen molar-refractivity contribution in [2.75, 3.05) is 14.2 Å². The summed E-state index contributed by atoms with van der Waals surface area (Å²) in [5.41, 5.74) is 3.44. The van der Waals surface area contributed by atoms with E-state index in [9.17, 15) is 10.0 Å². The zero-order valence-electron chi connectivity index (χ0n) is 14.7. The maximum atomic E-state index is 11.6. The Hall–Kier alpha value is -3.19. The third kappa shape index (κ3) is 3.89. The smallest absolute Gasteiger partial charge is 0.246 e. The van der Waals surface area contributed by atoms with Crippen LogP contribution in [0.3, 0.4) is 0 Å². The van der Waals surface area contributed by atoms with E-state index in [4.69, 9.17) is 4.74 Å². The molecule has 0 saturated carbocycles. The Labute approximate surface area is 151 Å². The molecule has 0 unspecified atom stereocenters. The third-order valence-corrected chi connectivity index (χ3v) is 3.99. The first-order chi connectivity index (χ1) is 12.6. The molecule has 2 heterocycles. The van der Waals surface area contributed by atoms with Crippen LogP contribution in [0.5, 0.6) is 5.75 Å². The molecule has 0 aliphatic carbocycles. The molecule has 134 valence electrons. The van der Waals surface area contributed by atoms with E-state index in [1.807, 2.05) is 47.1 Å². The molecule has 0 saturated heterocycles. The lowest BCUT2D eigenvalue weighted by atomic mass is 10.1. The minimum Gasteiger partial charge on any atom is -0.497 e. The molecule has 1 N–H and O–H groups in total. The minimum atomic E-state index is -0.355. The molecule has 3 rings (SSSR count). The topological polar surface area (TPSA) is 80.5 Å². The van der Waals surface area contributed by atoms with Gasteiger partial charge in [-0.2, -0.15) is 5.10 Å². The van der Waals surface area contributed by atoms with Crippen LogP contribution in [-0.2, 0) is 11.2 Å². The lowest BCUT2D eigenvalue weighted by Crippen LogP contribution is -2.22. The van der Waals surface area contributed by atoms with E-state index in [0.29, 0.717) is 11.5 Å². The normalized spacial score (nSPS) is 10.6. The predicted octanol–water partition coefficient (Wildman–Crippen LogP) is 2.72. The van der Waals surface area contributed by atoms with Crippen LogP contribution in [0.2, 0.25) is 0 Å². The Morgan fingerprint density at radius 3 is 2.65 bits per heavy atom. The third-order valence-electron chi connectivity index (χ3n) is 3.99. The maximum Gasteiger partial charge on any atom is 0.246 e. The molecular weight excluding hydrogens is 332 g/mol. The molecular formula is C19H20N4O3. The number of aromatic nitrogens is 3. The highest BCUT2D eigenvalue weighted by Crippen LogP contribution is 2.25.